The Morgan fingerprint density at radius 2 is 2.10 bits per heavy atom. The molecule has 1 fully saturated rings. The first kappa shape index (κ1) is 14.6. The molecule has 2 aromatic rings. The second-order valence-electron chi connectivity index (χ2n) is 5.77. The number of benzene rings is 1. The Morgan fingerprint density at radius 3 is 2.71 bits per heavy atom. The van der Waals surface area contributed by atoms with E-state index in [0.29, 0.717) is 27.0 Å². The first-order valence-electron chi connectivity index (χ1n) is 7.06. The normalized spacial score (nSPS) is 16.1. The number of hydrogen-bond acceptors (Lipinski definition) is 4. The van der Waals surface area contributed by atoms with Crippen LogP contribution in [0.3, 0.4) is 0 Å². The number of hydrogen-bond donors (Lipinski definition) is 1. The molecule has 0 unspecified atom stereocenters. The van der Waals surface area contributed by atoms with Gasteiger partial charge in [0.1, 0.15) is 0 Å². The fraction of sp³-hybridized carbons (Fsp3) is 0.500. The Kier molecular flexibility index (Phi) is 3.80. The van der Waals surface area contributed by atoms with Crippen LogP contribution in [0.4, 0.5) is 5.69 Å². The number of rotatable bonds is 5. The lowest BCUT2D eigenvalue weighted by atomic mass is 10.0. The van der Waals surface area contributed by atoms with Crippen LogP contribution in [0, 0.1) is 5.41 Å². The molecule has 21 heavy (non-hydrogen) atoms. The molecule has 1 aromatic heterocycles. The molecular formula is C14H17Cl2N5. The SMILES string of the molecule is CCCC1(Cn2nnnc2-c2cc(N)c(Cl)c(Cl)c2)CC1. The van der Waals surface area contributed by atoms with E-state index in [1.165, 1.54) is 25.7 Å². The summed E-state index contributed by atoms with van der Waals surface area (Å²) in [6.07, 6.45) is 4.86. The molecule has 0 amide bonds. The van der Waals surface area contributed by atoms with Gasteiger partial charge in [0.15, 0.2) is 5.82 Å². The van der Waals surface area contributed by atoms with Crippen molar-refractivity contribution in [1.82, 2.24) is 20.2 Å². The van der Waals surface area contributed by atoms with Gasteiger partial charge in [0.25, 0.3) is 0 Å². The van der Waals surface area contributed by atoms with Gasteiger partial charge in [0.05, 0.1) is 22.3 Å². The van der Waals surface area contributed by atoms with Crippen molar-refractivity contribution in [2.75, 3.05) is 5.73 Å². The first-order valence-corrected chi connectivity index (χ1v) is 7.81. The van der Waals surface area contributed by atoms with Gasteiger partial charge in [-0.3, -0.25) is 0 Å². The van der Waals surface area contributed by atoms with Gasteiger partial charge in [0.2, 0.25) is 0 Å². The van der Waals surface area contributed by atoms with Crippen molar-refractivity contribution in [2.24, 2.45) is 5.41 Å². The summed E-state index contributed by atoms with van der Waals surface area (Å²) in [4.78, 5) is 0. The Bertz CT molecular complexity index is 640. The molecule has 0 saturated heterocycles. The van der Waals surface area contributed by atoms with Crippen molar-refractivity contribution in [3.63, 3.8) is 0 Å². The van der Waals surface area contributed by atoms with Crippen molar-refractivity contribution >= 4 is 28.9 Å². The number of anilines is 1. The quantitative estimate of drug-likeness (QED) is 0.848. The largest absolute Gasteiger partial charge is 0.397 e. The van der Waals surface area contributed by atoms with Crippen LogP contribution in [0.1, 0.15) is 32.6 Å². The first-order chi connectivity index (χ1) is 10.0. The topological polar surface area (TPSA) is 69.6 Å². The van der Waals surface area contributed by atoms with E-state index in [9.17, 15) is 0 Å². The molecular weight excluding hydrogens is 309 g/mol. The van der Waals surface area contributed by atoms with E-state index in [4.69, 9.17) is 28.9 Å². The molecule has 0 radical (unpaired) electrons. The van der Waals surface area contributed by atoms with Gasteiger partial charge in [-0.25, -0.2) is 4.68 Å². The summed E-state index contributed by atoms with van der Waals surface area (Å²) in [6.45, 7) is 3.05. The van der Waals surface area contributed by atoms with Crippen LogP contribution in [-0.4, -0.2) is 20.2 Å². The molecule has 1 heterocycles. The highest BCUT2D eigenvalue weighted by atomic mass is 35.5. The Morgan fingerprint density at radius 1 is 1.33 bits per heavy atom. The van der Waals surface area contributed by atoms with Crippen LogP contribution < -0.4 is 5.73 Å². The van der Waals surface area contributed by atoms with Crippen molar-refractivity contribution in [3.8, 4) is 11.4 Å². The third-order valence-electron chi connectivity index (χ3n) is 4.07. The summed E-state index contributed by atoms with van der Waals surface area (Å²) in [5.41, 5.74) is 7.46. The third kappa shape index (κ3) is 2.85. The van der Waals surface area contributed by atoms with Crippen molar-refractivity contribution in [3.05, 3.63) is 22.2 Å². The molecule has 0 spiro atoms. The van der Waals surface area contributed by atoms with E-state index >= 15 is 0 Å². The van der Waals surface area contributed by atoms with Crippen LogP contribution in [0.5, 0.6) is 0 Å². The number of tetrazole rings is 1. The number of aromatic nitrogens is 4. The van der Waals surface area contributed by atoms with E-state index in [1.54, 1.807) is 12.1 Å². The molecule has 112 valence electrons. The van der Waals surface area contributed by atoms with Gasteiger partial charge in [-0.05, 0) is 47.2 Å². The number of halogens is 2. The molecule has 1 aliphatic carbocycles. The third-order valence-corrected chi connectivity index (χ3v) is 4.89. The Balaban J connectivity index is 1.92. The van der Waals surface area contributed by atoms with Gasteiger partial charge in [0, 0.05) is 5.56 Å². The lowest BCUT2D eigenvalue weighted by Crippen LogP contribution is -2.14. The highest BCUT2D eigenvalue weighted by molar-refractivity contribution is 6.43. The van der Waals surface area contributed by atoms with E-state index in [0.717, 1.165) is 12.1 Å². The minimum Gasteiger partial charge on any atom is -0.397 e. The zero-order valence-electron chi connectivity index (χ0n) is 11.8. The predicted octanol–water partition coefficient (Wildman–Crippen LogP) is 3.81. The van der Waals surface area contributed by atoms with E-state index < -0.39 is 0 Å². The lowest BCUT2D eigenvalue weighted by molar-refractivity contribution is 0.365. The Labute approximate surface area is 133 Å². The van der Waals surface area contributed by atoms with Crippen LogP contribution >= 0.6 is 23.2 Å². The van der Waals surface area contributed by atoms with Crippen LogP contribution in [0.25, 0.3) is 11.4 Å². The zero-order valence-corrected chi connectivity index (χ0v) is 13.3. The zero-order chi connectivity index (χ0) is 15.0. The van der Waals surface area contributed by atoms with Gasteiger partial charge in [-0.15, -0.1) is 5.10 Å². The molecule has 7 heteroatoms. The standard InChI is InChI=1S/C14H17Cl2N5/c1-2-3-14(4-5-14)8-21-13(18-19-20-21)9-6-10(15)12(16)11(17)7-9/h6-7H,2-5,8,17H2,1H3. The number of nitrogen functional groups attached to an aromatic ring is 1. The summed E-state index contributed by atoms with van der Waals surface area (Å²) in [5.74, 6) is 0.683. The summed E-state index contributed by atoms with van der Waals surface area (Å²) in [5, 5.41) is 12.8. The minimum atomic E-state index is 0.362. The molecule has 1 saturated carbocycles. The van der Waals surface area contributed by atoms with Crippen LogP contribution in [0.2, 0.25) is 10.0 Å². The van der Waals surface area contributed by atoms with Gasteiger partial charge in [-0.2, -0.15) is 0 Å². The maximum atomic E-state index is 6.09. The van der Waals surface area contributed by atoms with E-state index in [1.807, 2.05) is 4.68 Å². The fourth-order valence-electron chi connectivity index (χ4n) is 2.77. The smallest absolute Gasteiger partial charge is 0.182 e. The summed E-state index contributed by atoms with van der Waals surface area (Å²) in [6, 6.07) is 3.51. The highest BCUT2D eigenvalue weighted by Crippen LogP contribution is 2.51. The summed E-state index contributed by atoms with van der Waals surface area (Å²) in [7, 11) is 0. The highest BCUT2D eigenvalue weighted by Gasteiger charge is 2.42. The van der Waals surface area contributed by atoms with Gasteiger partial charge in [-0.1, -0.05) is 36.5 Å². The van der Waals surface area contributed by atoms with Crippen molar-refractivity contribution in [2.45, 2.75) is 39.2 Å². The second-order valence-corrected chi connectivity index (χ2v) is 6.56. The fourth-order valence-corrected chi connectivity index (χ4v) is 3.11. The maximum absolute atomic E-state index is 6.09. The molecule has 1 aliphatic rings. The van der Waals surface area contributed by atoms with Gasteiger partial charge < -0.3 is 5.73 Å². The second kappa shape index (κ2) is 5.46. The van der Waals surface area contributed by atoms with Crippen LogP contribution in [-0.2, 0) is 6.54 Å². The monoisotopic (exact) mass is 325 g/mol. The van der Waals surface area contributed by atoms with E-state index in [2.05, 4.69) is 22.4 Å². The van der Waals surface area contributed by atoms with Gasteiger partial charge >= 0.3 is 0 Å². The number of nitrogens with zero attached hydrogens (tertiary/aromatic N) is 4. The molecule has 0 atom stereocenters. The van der Waals surface area contributed by atoms with Crippen molar-refractivity contribution in [1.29, 1.82) is 0 Å². The molecule has 2 N–H and O–H groups in total. The molecule has 1 aromatic carbocycles. The molecule has 0 bridgehead atoms. The summed E-state index contributed by atoms with van der Waals surface area (Å²) < 4.78 is 1.85. The molecule has 5 nitrogen and oxygen atoms in total. The van der Waals surface area contributed by atoms with Crippen molar-refractivity contribution < 1.29 is 0 Å². The average molecular weight is 326 g/mol. The predicted molar refractivity (Wildman–Crippen MR) is 84.3 cm³/mol. The molecule has 0 aliphatic heterocycles. The average Bonchev–Trinajstić information content (AvgIpc) is 3.03. The summed E-state index contributed by atoms with van der Waals surface area (Å²) >= 11 is 12.1. The van der Waals surface area contributed by atoms with E-state index in [-0.39, 0.29) is 0 Å². The maximum Gasteiger partial charge on any atom is 0.182 e. The lowest BCUT2D eigenvalue weighted by Gasteiger charge is -2.14. The number of nitrogens with two attached hydrogens (primary N) is 1. The Hall–Kier alpha value is -1.33. The molecule has 3 rings (SSSR count). The minimum absolute atomic E-state index is 0.362. The van der Waals surface area contributed by atoms with Crippen LogP contribution in [0.15, 0.2) is 12.1 Å².